The van der Waals surface area contributed by atoms with E-state index in [0.29, 0.717) is 17.7 Å². The fraction of sp³-hybridized carbons (Fsp3) is 0.0909. The van der Waals surface area contributed by atoms with Crippen LogP contribution in [0, 0.1) is 5.82 Å². The van der Waals surface area contributed by atoms with Gasteiger partial charge in [-0.2, -0.15) is 0 Å². The molecule has 0 saturated heterocycles. The van der Waals surface area contributed by atoms with E-state index in [-0.39, 0.29) is 23.3 Å². The summed E-state index contributed by atoms with van der Waals surface area (Å²) >= 11 is 0. The molecule has 5 nitrogen and oxygen atoms in total. The molecule has 0 spiro atoms. The van der Waals surface area contributed by atoms with Crippen LogP contribution in [0.4, 0.5) is 4.39 Å². The van der Waals surface area contributed by atoms with Crippen LogP contribution in [-0.4, -0.2) is 22.2 Å². The van der Waals surface area contributed by atoms with E-state index in [1.807, 2.05) is 0 Å². The third-order valence-corrected chi connectivity index (χ3v) is 4.12. The number of aliphatic carboxylic acids is 1. The molecule has 0 radical (unpaired) electrons. The first-order valence-electron chi connectivity index (χ1n) is 8.54. The summed E-state index contributed by atoms with van der Waals surface area (Å²) in [4.78, 5) is 23.0. The van der Waals surface area contributed by atoms with Crippen molar-refractivity contribution in [3.8, 4) is 22.6 Å². The summed E-state index contributed by atoms with van der Waals surface area (Å²) in [7, 11) is 0. The number of hydrogen-bond donors (Lipinski definition) is 2. The van der Waals surface area contributed by atoms with E-state index in [9.17, 15) is 19.1 Å². The van der Waals surface area contributed by atoms with Gasteiger partial charge in [0, 0.05) is 12.0 Å². The third kappa shape index (κ3) is 4.73. The normalized spacial score (nSPS) is 10.5. The second-order valence-corrected chi connectivity index (χ2v) is 6.17. The van der Waals surface area contributed by atoms with Crippen LogP contribution < -0.4 is 4.74 Å². The van der Waals surface area contributed by atoms with Crippen molar-refractivity contribution in [2.45, 2.75) is 12.8 Å². The number of ether oxygens (including phenoxy) is 1. The maximum atomic E-state index is 13.9. The Bertz CT molecular complexity index is 1010. The quantitative estimate of drug-likeness (QED) is 0.488. The number of carbonyl (C=O) groups is 2. The zero-order chi connectivity index (χ0) is 20.1. The summed E-state index contributed by atoms with van der Waals surface area (Å²) in [6.07, 6.45) is 0.329. The van der Waals surface area contributed by atoms with Crippen LogP contribution in [0.15, 0.2) is 66.7 Å². The summed E-state index contributed by atoms with van der Waals surface area (Å²) in [5, 5.41) is 18.3. The highest BCUT2D eigenvalue weighted by Gasteiger charge is 2.11. The van der Waals surface area contributed by atoms with Crippen LogP contribution in [0.25, 0.3) is 11.1 Å². The standard InChI is InChI=1S/C22H17FO5/c23-20-10-9-17(24)13-19(20)15-5-7-16(8-6-15)22(27)28-18-3-1-2-14(12-18)4-11-21(25)26/h1-3,5-10,12-13,24H,4,11H2,(H,25,26). The third-order valence-electron chi connectivity index (χ3n) is 4.12. The smallest absolute Gasteiger partial charge is 0.343 e. The number of rotatable bonds is 6. The molecule has 2 N–H and O–H groups in total. The van der Waals surface area contributed by atoms with Crippen LogP contribution >= 0.6 is 0 Å². The number of phenolic OH excluding ortho intramolecular Hbond substituents is 1. The van der Waals surface area contributed by atoms with E-state index in [1.54, 1.807) is 36.4 Å². The minimum Gasteiger partial charge on any atom is -0.508 e. The topological polar surface area (TPSA) is 83.8 Å². The molecule has 0 heterocycles. The maximum Gasteiger partial charge on any atom is 0.343 e. The second kappa shape index (κ2) is 8.35. The molecule has 0 aliphatic carbocycles. The largest absolute Gasteiger partial charge is 0.508 e. The zero-order valence-electron chi connectivity index (χ0n) is 14.8. The van der Waals surface area contributed by atoms with Crippen molar-refractivity contribution in [3.63, 3.8) is 0 Å². The van der Waals surface area contributed by atoms with E-state index in [1.165, 1.54) is 30.3 Å². The minimum atomic E-state index is -0.898. The molecule has 28 heavy (non-hydrogen) atoms. The Kier molecular flexibility index (Phi) is 5.69. The molecular weight excluding hydrogens is 363 g/mol. The van der Waals surface area contributed by atoms with Crippen molar-refractivity contribution >= 4 is 11.9 Å². The van der Waals surface area contributed by atoms with Gasteiger partial charge in [0.25, 0.3) is 0 Å². The molecular formula is C22H17FO5. The predicted octanol–water partition coefficient (Wildman–Crippen LogP) is 4.43. The lowest BCUT2D eigenvalue weighted by Crippen LogP contribution is -2.08. The van der Waals surface area contributed by atoms with Gasteiger partial charge in [0.15, 0.2) is 0 Å². The number of esters is 1. The Labute approximate surface area is 160 Å². The number of aryl methyl sites for hydroxylation is 1. The number of carboxylic acid groups (broad SMARTS) is 1. The highest BCUT2D eigenvalue weighted by Crippen LogP contribution is 2.27. The van der Waals surface area contributed by atoms with Crippen LogP contribution in [0.1, 0.15) is 22.3 Å². The molecule has 6 heteroatoms. The molecule has 0 aliphatic rings. The van der Waals surface area contributed by atoms with Crippen molar-refractivity contribution in [1.82, 2.24) is 0 Å². The minimum absolute atomic E-state index is 0.00946. The molecule has 0 unspecified atom stereocenters. The van der Waals surface area contributed by atoms with Gasteiger partial charge in [0.05, 0.1) is 5.56 Å². The number of phenols is 1. The highest BCUT2D eigenvalue weighted by molar-refractivity contribution is 5.91. The lowest BCUT2D eigenvalue weighted by Gasteiger charge is -2.08. The van der Waals surface area contributed by atoms with E-state index in [2.05, 4.69) is 0 Å². The van der Waals surface area contributed by atoms with E-state index in [0.717, 1.165) is 5.56 Å². The van der Waals surface area contributed by atoms with Gasteiger partial charge in [-0.3, -0.25) is 4.79 Å². The molecule has 0 aromatic heterocycles. The predicted molar refractivity (Wildman–Crippen MR) is 101 cm³/mol. The van der Waals surface area contributed by atoms with Gasteiger partial charge in [-0.05, 0) is 60.0 Å². The SMILES string of the molecule is O=C(O)CCc1cccc(OC(=O)c2ccc(-c3cc(O)ccc3F)cc2)c1. The Hall–Kier alpha value is -3.67. The summed E-state index contributed by atoms with van der Waals surface area (Å²) < 4.78 is 19.2. The maximum absolute atomic E-state index is 13.9. The van der Waals surface area contributed by atoms with Gasteiger partial charge in [0.2, 0.25) is 0 Å². The molecule has 3 aromatic carbocycles. The number of halogens is 1. The summed E-state index contributed by atoms with van der Waals surface area (Å²) in [6.45, 7) is 0. The van der Waals surface area contributed by atoms with Crippen molar-refractivity contribution in [1.29, 1.82) is 0 Å². The average Bonchev–Trinajstić information content (AvgIpc) is 2.68. The molecule has 0 bridgehead atoms. The Morgan fingerprint density at radius 3 is 2.43 bits per heavy atom. The summed E-state index contributed by atoms with van der Waals surface area (Å²) in [5.41, 5.74) is 1.77. The lowest BCUT2D eigenvalue weighted by atomic mass is 10.0. The van der Waals surface area contributed by atoms with Crippen LogP contribution in [-0.2, 0) is 11.2 Å². The lowest BCUT2D eigenvalue weighted by molar-refractivity contribution is -0.136. The molecule has 3 rings (SSSR count). The number of carbonyl (C=O) groups excluding carboxylic acids is 1. The van der Waals surface area contributed by atoms with Crippen LogP contribution in [0.5, 0.6) is 11.5 Å². The summed E-state index contributed by atoms with van der Waals surface area (Å²) in [5.74, 6) is -1.70. The first-order chi connectivity index (χ1) is 13.4. The first-order valence-corrected chi connectivity index (χ1v) is 8.54. The van der Waals surface area contributed by atoms with Gasteiger partial charge in [-0.15, -0.1) is 0 Å². The number of benzene rings is 3. The number of carboxylic acids is 1. The molecule has 142 valence electrons. The molecule has 0 atom stereocenters. The first kappa shape index (κ1) is 19.1. The Morgan fingerprint density at radius 1 is 0.964 bits per heavy atom. The van der Waals surface area contributed by atoms with Gasteiger partial charge >= 0.3 is 11.9 Å². The van der Waals surface area contributed by atoms with E-state index in [4.69, 9.17) is 9.84 Å². The van der Waals surface area contributed by atoms with Crippen molar-refractivity contribution < 1.29 is 28.9 Å². The van der Waals surface area contributed by atoms with Crippen LogP contribution in [0.2, 0.25) is 0 Å². The highest BCUT2D eigenvalue weighted by atomic mass is 19.1. The van der Waals surface area contributed by atoms with Crippen molar-refractivity contribution in [2.24, 2.45) is 0 Å². The molecule has 0 aliphatic heterocycles. The monoisotopic (exact) mass is 380 g/mol. The van der Waals surface area contributed by atoms with Crippen LogP contribution in [0.3, 0.4) is 0 Å². The molecule has 3 aromatic rings. The summed E-state index contributed by atoms with van der Waals surface area (Å²) in [6, 6.07) is 16.6. The zero-order valence-corrected chi connectivity index (χ0v) is 14.8. The molecule has 0 amide bonds. The van der Waals surface area contributed by atoms with Gasteiger partial charge < -0.3 is 14.9 Å². The average molecular weight is 380 g/mol. The fourth-order valence-electron chi connectivity index (χ4n) is 2.70. The van der Waals surface area contributed by atoms with Gasteiger partial charge in [0.1, 0.15) is 17.3 Å². The van der Waals surface area contributed by atoms with E-state index >= 15 is 0 Å². The number of hydrogen-bond acceptors (Lipinski definition) is 4. The molecule has 0 saturated carbocycles. The molecule has 0 fully saturated rings. The van der Waals surface area contributed by atoms with Crippen molar-refractivity contribution in [2.75, 3.05) is 0 Å². The van der Waals surface area contributed by atoms with Gasteiger partial charge in [-0.25, -0.2) is 9.18 Å². The number of aromatic hydroxyl groups is 1. The Balaban J connectivity index is 1.72. The fourth-order valence-corrected chi connectivity index (χ4v) is 2.70. The second-order valence-electron chi connectivity index (χ2n) is 6.17. The van der Waals surface area contributed by atoms with Crippen molar-refractivity contribution in [3.05, 3.63) is 83.7 Å². The Morgan fingerprint density at radius 2 is 1.71 bits per heavy atom. The van der Waals surface area contributed by atoms with Gasteiger partial charge in [-0.1, -0.05) is 24.3 Å². The van der Waals surface area contributed by atoms with E-state index < -0.39 is 17.8 Å².